The predicted molar refractivity (Wildman–Crippen MR) is 80.2 cm³/mol. The molecule has 0 aliphatic heterocycles. The molecule has 118 valence electrons. The van der Waals surface area contributed by atoms with Crippen molar-refractivity contribution in [1.82, 2.24) is 14.9 Å². The first-order valence-electron chi connectivity index (χ1n) is 6.68. The van der Waals surface area contributed by atoms with Gasteiger partial charge in [-0.1, -0.05) is 0 Å². The van der Waals surface area contributed by atoms with Gasteiger partial charge in [0.1, 0.15) is 4.90 Å². The molecule has 1 aromatic heterocycles. The highest BCUT2D eigenvalue weighted by molar-refractivity contribution is 7.99. The number of nitrogens with zero attached hydrogens (tertiary/aromatic N) is 1. The fraction of sp³-hybridized carbons (Fsp3) is 0.667. The van der Waals surface area contributed by atoms with E-state index in [1.807, 2.05) is 0 Å². The average molecular weight is 333 g/mol. The van der Waals surface area contributed by atoms with Crippen LogP contribution in [0.25, 0.3) is 0 Å². The molecule has 0 bridgehead atoms. The van der Waals surface area contributed by atoms with Gasteiger partial charge in [-0.3, -0.25) is 5.10 Å². The number of aromatic carboxylic acids is 1. The summed E-state index contributed by atoms with van der Waals surface area (Å²) < 4.78 is 27.5. The molecular weight excluding hydrogens is 314 g/mol. The van der Waals surface area contributed by atoms with E-state index in [9.17, 15) is 13.2 Å². The second kappa shape index (κ2) is 6.37. The number of carboxylic acid groups (broad SMARTS) is 1. The molecule has 0 unspecified atom stereocenters. The summed E-state index contributed by atoms with van der Waals surface area (Å²) in [4.78, 5) is 10.8. The Balaban J connectivity index is 2.16. The summed E-state index contributed by atoms with van der Waals surface area (Å²) in [5.41, 5.74) is -0.226. The average Bonchev–Trinajstić information content (AvgIpc) is 2.82. The summed E-state index contributed by atoms with van der Waals surface area (Å²) in [5.74, 6) is -1.36. The van der Waals surface area contributed by atoms with Crippen molar-refractivity contribution >= 4 is 27.8 Å². The number of aryl methyl sites for hydroxylation is 1. The van der Waals surface area contributed by atoms with Crippen LogP contribution in [0.15, 0.2) is 4.90 Å². The van der Waals surface area contributed by atoms with Crippen LogP contribution in [0.4, 0.5) is 0 Å². The van der Waals surface area contributed by atoms with Crippen LogP contribution in [0.3, 0.4) is 0 Å². The van der Waals surface area contributed by atoms with Crippen LogP contribution in [0, 0.1) is 6.92 Å². The zero-order chi connectivity index (χ0) is 15.6. The molecule has 9 heteroatoms. The van der Waals surface area contributed by atoms with Crippen molar-refractivity contribution in [1.29, 1.82) is 0 Å². The molecule has 0 atom stereocenters. The molecule has 3 N–H and O–H groups in total. The lowest BCUT2D eigenvalue weighted by atomic mass is 9.96. The molecule has 1 fully saturated rings. The van der Waals surface area contributed by atoms with E-state index in [4.69, 9.17) is 5.11 Å². The molecule has 0 aromatic carbocycles. The Labute approximate surface area is 127 Å². The molecule has 0 radical (unpaired) electrons. The molecule has 1 saturated carbocycles. The Hall–Kier alpha value is -1.06. The third-order valence-corrected chi connectivity index (χ3v) is 6.51. The Morgan fingerprint density at radius 2 is 2.00 bits per heavy atom. The number of hydrogen-bond acceptors (Lipinski definition) is 5. The second-order valence-corrected chi connectivity index (χ2v) is 7.95. The third-order valence-electron chi connectivity index (χ3n) is 3.69. The number of rotatable bonds is 5. The molecule has 2 rings (SSSR count). The van der Waals surface area contributed by atoms with Crippen molar-refractivity contribution in [2.24, 2.45) is 0 Å². The summed E-state index contributed by atoms with van der Waals surface area (Å²) in [6, 6.07) is -0.144. The highest BCUT2D eigenvalue weighted by Gasteiger charge is 2.31. The lowest BCUT2D eigenvalue weighted by Crippen LogP contribution is -2.38. The van der Waals surface area contributed by atoms with Gasteiger partial charge in [0.2, 0.25) is 10.0 Å². The second-order valence-electron chi connectivity index (χ2n) is 5.16. The van der Waals surface area contributed by atoms with Crippen molar-refractivity contribution < 1.29 is 18.3 Å². The zero-order valence-corrected chi connectivity index (χ0v) is 13.6. The maximum absolute atomic E-state index is 12.4. The van der Waals surface area contributed by atoms with Gasteiger partial charge in [-0.05, 0) is 38.9 Å². The van der Waals surface area contributed by atoms with Crippen LogP contribution in [0.5, 0.6) is 0 Å². The largest absolute Gasteiger partial charge is 0.476 e. The molecule has 0 spiro atoms. The maximum Gasteiger partial charge on any atom is 0.357 e. The summed E-state index contributed by atoms with van der Waals surface area (Å²) in [6.07, 6.45) is 5.52. The Morgan fingerprint density at radius 3 is 2.52 bits per heavy atom. The van der Waals surface area contributed by atoms with Gasteiger partial charge < -0.3 is 5.11 Å². The number of H-pyrrole nitrogens is 1. The van der Waals surface area contributed by atoms with Gasteiger partial charge in [0.05, 0.1) is 5.69 Å². The molecule has 1 aliphatic rings. The van der Waals surface area contributed by atoms with Crippen LogP contribution in [-0.2, 0) is 10.0 Å². The minimum absolute atomic E-state index is 0.144. The lowest BCUT2D eigenvalue weighted by molar-refractivity contribution is 0.0686. The molecule has 1 aliphatic carbocycles. The predicted octanol–water partition coefficient (Wildman–Crippen LogP) is 1.37. The summed E-state index contributed by atoms with van der Waals surface area (Å²) in [7, 11) is -3.88. The smallest absolute Gasteiger partial charge is 0.357 e. The molecule has 1 aromatic rings. The SMILES string of the molecule is CSC1CCC(NS(=O)(=O)c2c(C(=O)O)n[nH]c2C)CC1. The number of nitrogens with one attached hydrogen (secondary N) is 2. The first-order chi connectivity index (χ1) is 9.85. The standard InChI is InChI=1S/C12H19N3O4S2/c1-7-11(10(12(16)17)14-13-7)21(18,19)15-8-3-5-9(20-2)6-4-8/h8-9,15H,3-6H2,1-2H3,(H,13,14)(H,16,17). The van der Waals surface area contributed by atoms with E-state index >= 15 is 0 Å². The lowest BCUT2D eigenvalue weighted by Gasteiger charge is -2.27. The van der Waals surface area contributed by atoms with Crippen molar-refractivity contribution in [3.05, 3.63) is 11.4 Å². The van der Waals surface area contributed by atoms with E-state index in [1.165, 1.54) is 6.92 Å². The van der Waals surface area contributed by atoms with Gasteiger partial charge in [-0.2, -0.15) is 16.9 Å². The fourth-order valence-electron chi connectivity index (χ4n) is 2.59. The van der Waals surface area contributed by atoms with Crippen LogP contribution in [0.2, 0.25) is 0 Å². The van der Waals surface area contributed by atoms with Crippen molar-refractivity contribution in [2.45, 2.75) is 48.8 Å². The van der Waals surface area contributed by atoms with Gasteiger partial charge in [0.15, 0.2) is 5.69 Å². The number of thioether (sulfide) groups is 1. The number of hydrogen-bond donors (Lipinski definition) is 3. The Bertz CT molecular complexity index is 618. The van der Waals surface area contributed by atoms with E-state index in [1.54, 1.807) is 11.8 Å². The molecule has 1 heterocycles. The molecule has 7 nitrogen and oxygen atoms in total. The molecule has 21 heavy (non-hydrogen) atoms. The monoisotopic (exact) mass is 333 g/mol. The van der Waals surface area contributed by atoms with Gasteiger partial charge in [-0.25, -0.2) is 17.9 Å². The third kappa shape index (κ3) is 3.58. The van der Waals surface area contributed by atoms with E-state index < -0.39 is 21.7 Å². The number of aromatic nitrogens is 2. The fourth-order valence-corrected chi connectivity index (χ4v) is 4.96. The minimum Gasteiger partial charge on any atom is -0.476 e. The van der Waals surface area contributed by atoms with Crippen LogP contribution >= 0.6 is 11.8 Å². The van der Waals surface area contributed by atoms with Crippen LogP contribution < -0.4 is 4.72 Å². The van der Waals surface area contributed by atoms with Gasteiger partial charge >= 0.3 is 5.97 Å². The maximum atomic E-state index is 12.4. The first-order valence-corrected chi connectivity index (χ1v) is 9.45. The van der Waals surface area contributed by atoms with Crippen molar-refractivity contribution in [2.75, 3.05) is 6.26 Å². The van der Waals surface area contributed by atoms with Crippen LogP contribution in [-0.4, -0.2) is 47.2 Å². The highest BCUT2D eigenvalue weighted by Crippen LogP contribution is 2.28. The quantitative estimate of drug-likeness (QED) is 0.750. The Kier molecular flexibility index (Phi) is 4.95. The van der Waals surface area contributed by atoms with E-state index in [2.05, 4.69) is 21.2 Å². The number of aromatic amines is 1. The van der Waals surface area contributed by atoms with Gasteiger partial charge in [0, 0.05) is 11.3 Å². The molecule has 0 saturated heterocycles. The topological polar surface area (TPSA) is 112 Å². The summed E-state index contributed by atoms with van der Waals surface area (Å²) in [6.45, 7) is 1.50. The van der Waals surface area contributed by atoms with Gasteiger partial charge in [-0.15, -0.1) is 0 Å². The zero-order valence-electron chi connectivity index (χ0n) is 11.9. The van der Waals surface area contributed by atoms with Crippen LogP contribution in [0.1, 0.15) is 41.9 Å². The van der Waals surface area contributed by atoms with E-state index in [0.717, 1.165) is 25.7 Å². The van der Waals surface area contributed by atoms with E-state index in [0.29, 0.717) is 5.25 Å². The van der Waals surface area contributed by atoms with Crippen molar-refractivity contribution in [3.8, 4) is 0 Å². The minimum atomic E-state index is -3.88. The molecular formula is C12H19N3O4S2. The highest BCUT2D eigenvalue weighted by atomic mass is 32.2. The summed E-state index contributed by atoms with van der Waals surface area (Å²) >= 11 is 1.80. The summed E-state index contributed by atoms with van der Waals surface area (Å²) in [5, 5.41) is 15.6. The van der Waals surface area contributed by atoms with Crippen molar-refractivity contribution in [3.63, 3.8) is 0 Å². The first kappa shape index (κ1) is 16.3. The normalized spacial score (nSPS) is 23.1. The van der Waals surface area contributed by atoms with E-state index in [-0.39, 0.29) is 16.6 Å². The molecule has 0 amide bonds. The number of carbonyl (C=O) groups is 1. The van der Waals surface area contributed by atoms with Gasteiger partial charge in [0.25, 0.3) is 0 Å². The Morgan fingerprint density at radius 1 is 1.38 bits per heavy atom. The number of carboxylic acids is 1. The number of sulfonamides is 1.